The van der Waals surface area contributed by atoms with Crippen LogP contribution in [0.25, 0.3) is 0 Å². The molecule has 6 nitrogen and oxygen atoms in total. The molecule has 1 amide bonds. The zero-order valence-electron chi connectivity index (χ0n) is 7.57. The van der Waals surface area contributed by atoms with Crippen LogP contribution in [-0.2, 0) is 31.4 Å². The Labute approximate surface area is 96.0 Å². The summed E-state index contributed by atoms with van der Waals surface area (Å²) in [5, 5.41) is 17.5. The van der Waals surface area contributed by atoms with Gasteiger partial charge >= 0.3 is 23.0 Å². The minimum atomic E-state index is -1.14. The summed E-state index contributed by atoms with van der Waals surface area (Å²) in [6.07, 6.45) is 1.03. The van der Waals surface area contributed by atoms with Crippen molar-refractivity contribution < 1.29 is 41.6 Å². The van der Waals surface area contributed by atoms with Crippen molar-refractivity contribution in [1.29, 1.82) is 0 Å². The molecule has 2 fully saturated rings. The van der Waals surface area contributed by atoms with Crippen LogP contribution >= 0.6 is 0 Å². The van der Waals surface area contributed by atoms with Crippen LogP contribution in [-0.4, -0.2) is 45.9 Å². The summed E-state index contributed by atoms with van der Waals surface area (Å²) in [6.45, 7) is -0.298. The Bertz CT molecular complexity index is 329. The molecule has 2 aliphatic rings. The molecular formula is C8H9FeNO5+3. The van der Waals surface area contributed by atoms with E-state index in [0.29, 0.717) is 0 Å². The molecule has 0 unspecified atom stereocenters. The van der Waals surface area contributed by atoms with Gasteiger partial charge in [0.2, 0.25) is 5.91 Å². The number of ether oxygens (including phenoxy) is 1. The van der Waals surface area contributed by atoms with Crippen LogP contribution in [0.5, 0.6) is 0 Å². The summed E-state index contributed by atoms with van der Waals surface area (Å²) in [5.41, 5.74) is 0. The molecule has 2 saturated heterocycles. The Kier molecular flexibility index (Phi) is 3.38. The van der Waals surface area contributed by atoms with E-state index < -0.39 is 18.2 Å². The number of rotatable bonds is 2. The van der Waals surface area contributed by atoms with Crippen molar-refractivity contribution in [2.75, 3.05) is 6.61 Å². The second-order valence-corrected chi connectivity index (χ2v) is 3.11. The Morgan fingerprint density at radius 3 is 2.80 bits per heavy atom. The zero-order valence-corrected chi connectivity index (χ0v) is 8.67. The predicted molar refractivity (Wildman–Crippen MR) is 42.9 cm³/mol. The molecule has 0 aromatic heterocycles. The summed E-state index contributed by atoms with van der Waals surface area (Å²) >= 11 is 0. The maximum absolute atomic E-state index is 11.1. The number of β-lactam (4-membered cyclic amide) rings is 1. The van der Waals surface area contributed by atoms with Crippen LogP contribution in [0.2, 0.25) is 0 Å². The summed E-state index contributed by atoms with van der Waals surface area (Å²) in [7, 11) is 0. The van der Waals surface area contributed by atoms with Crippen molar-refractivity contribution in [3.05, 3.63) is 11.8 Å². The molecule has 2 N–H and O–H groups in total. The van der Waals surface area contributed by atoms with Gasteiger partial charge in [-0.2, -0.15) is 0 Å². The number of aliphatic carboxylic acids is 1. The topological polar surface area (TPSA) is 87.1 Å². The number of aliphatic hydroxyl groups excluding tert-OH is 1. The van der Waals surface area contributed by atoms with E-state index in [1.54, 1.807) is 0 Å². The predicted octanol–water partition coefficient (Wildman–Crippen LogP) is -1.10. The molecule has 0 bridgehead atoms. The normalized spacial score (nSPS) is 30.3. The molecule has 0 saturated carbocycles. The molecule has 0 spiro atoms. The maximum atomic E-state index is 11.1. The zero-order chi connectivity index (χ0) is 10.3. The van der Waals surface area contributed by atoms with E-state index in [2.05, 4.69) is 0 Å². The average molecular weight is 255 g/mol. The Hall–Kier alpha value is -1.04. The molecule has 7 heteroatoms. The summed E-state index contributed by atoms with van der Waals surface area (Å²) in [6, 6.07) is -1.06. The Morgan fingerprint density at radius 1 is 1.67 bits per heavy atom. The first-order valence-corrected chi connectivity index (χ1v) is 4.16. The number of fused-ring (bicyclic) bond motifs is 1. The number of carboxylic acids is 1. The molecular weight excluding hydrogens is 246 g/mol. The standard InChI is InChI=1S/C8H9NO5.Fe/c10-2-1-4-7(8(12)13)9-5(11)3-6(9)14-4;/h1,6-7,10H,2-3H2,(H,12,13);/q;+3/b4-1-;/t6-,7-;/m1./s1. The number of carboxylic acid groups (broad SMARTS) is 1. The third-order valence-electron chi connectivity index (χ3n) is 2.29. The number of hydrogen-bond donors (Lipinski definition) is 2. The third-order valence-corrected chi connectivity index (χ3v) is 2.29. The molecule has 2 atom stereocenters. The Morgan fingerprint density at radius 2 is 2.33 bits per heavy atom. The molecule has 2 rings (SSSR count). The van der Waals surface area contributed by atoms with Crippen molar-refractivity contribution in [2.24, 2.45) is 0 Å². The molecule has 0 aromatic carbocycles. The van der Waals surface area contributed by atoms with E-state index in [4.69, 9.17) is 14.9 Å². The quantitative estimate of drug-likeness (QED) is 0.483. The minimum absolute atomic E-state index is 0. The van der Waals surface area contributed by atoms with Crippen molar-refractivity contribution in [3.8, 4) is 0 Å². The van der Waals surface area contributed by atoms with E-state index in [1.165, 1.54) is 11.0 Å². The van der Waals surface area contributed by atoms with Crippen LogP contribution in [0.3, 0.4) is 0 Å². The van der Waals surface area contributed by atoms with Gasteiger partial charge in [0.05, 0.1) is 13.0 Å². The van der Waals surface area contributed by atoms with Crippen molar-refractivity contribution in [1.82, 2.24) is 4.90 Å². The SMILES string of the molecule is O=C(O)[C@H]1/C(=C/CO)O[C@@H]2CC(=O)N21.[Fe+3]. The van der Waals surface area contributed by atoms with Crippen LogP contribution in [0.4, 0.5) is 0 Å². The third kappa shape index (κ3) is 1.73. The van der Waals surface area contributed by atoms with E-state index >= 15 is 0 Å². The first-order chi connectivity index (χ1) is 6.65. The fraction of sp³-hybridized carbons (Fsp3) is 0.500. The number of aliphatic hydroxyl groups is 1. The number of carbonyl (C=O) groups excluding carboxylic acids is 1. The molecule has 1 radical (unpaired) electrons. The summed E-state index contributed by atoms with van der Waals surface area (Å²) in [4.78, 5) is 23.1. The van der Waals surface area contributed by atoms with Crippen LogP contribution in [0.15, 0.2) is 11.8 Å². The van der Waals surface area contributed by atoms with Gasteiger partial charge in [0, 0.05) is 0 Å². The summed E-state index contributed by atoms with van der Waals surface area (Å²) in [5.74, 6) is -1.22. The fourth-order valence-corrected chi connectivity index (χ4v) is 1.66. The van der Waals surface area contributed by atoms with Crippen LogP contribution in [0.1, 0.15) is 6.42 Å². The van der Waals surface area contributed by atoms with Gasteiger partial charge < -0.3 is 14.9 Å². The molecule has 0 aromatic rings. The van der Waals surface area contributed by atoms with Crippen molar-refractivity contribution in [2.45, 2.75) is 18.7 Å². The number of hydrogen-bond acceptors (Lipinski definition) is 4. The van der Waals surface area contributed by atoms with Gasteiger partial charge in [-0.05, 0) is 6.08 Å². The van der Waals surface area contributed by atoms with Gasteiger partial charge in [-0.25, -0.2) is 4.79 Å². The monoisotopic (exact) mass is 255 g/mol. The van der Waals surface area contributed by atoms with E-state index in [0.717, 1.165) is 0 Å². The summed E-state index contributed by atoms with van der Waals surface area (Å²) < 4.78 is 5.17. The molecule has 2 aliphatic heterocycles. The molecule has 0 aliphatic carbocycles. The first-order valence-electron chi connectivity index (χ1n) is 4.16. The van der Waals surface area contributed by atoms with Crippen molar-refractivity contribution >= 4 is 11.9 Å². The van der Waals surface area contributed by atoms with Gasteiger partial charge in [0.25, 0.3) is 0 Å². The number of carbonyl (C=O) groups is 2. The van der Waals surface area contributed by atoms with E-state index in [-0.39, 0.29) is 41.8 Å². The first kappa shape index (κ1) is 12.0. The molecule has 81 valence electrons. The molecule has 2 heterocycles. The van der Waals surface area contributed by atoms with Crippen LogP contribution in [0, 0.1) is 0 Å². The van der Waals surface area contributed by atoms with Gasteiger partial charge in [0.15, 0.2) is 12.3 Å². The second-order valence-electron chi connectivity index (χ2n) is 3.11. The van der Waals surface area contributed by atoms with Crippen molar-refractivity contribution in [3.63, 3.8) is 0 Å². The van der Waals surface area contributed by atoms with E-state index in [9.17, 15) is 9.59 Å². The van der Waals surface area contributed by atoms with Gasteiger partial charge in [-0.15, -0.1) is 0 Å². The second kappa shape index (κ2) is 4.22. The largest absolute Gasteiger partial charge is 3.00 e. The van der Waals surface area contributed by atoms with E-state index in [1.807, 2.05) is 0 Å². The number of amides is 1. The Balaban J connectivity index is 0.00000112. The maximum Gasteiger partial charge on any atom is 3.00 e. The van der Waals surface area contributed by atoms with Gasteiger partial charge in [-0.1, -0.05) is 0 Å². The van der Waals surface area contributed by atoms with Crippen LogP contribution < -0.4 is 0 Å². The minimum Gasteiger partial charge on any atom is -0.479 e. The van der Waals surface area contributed by atoms with Gasteiger partial charge in [0.1, 0.15) is 5.76 Å². The number of nitrogens with zero attached hydrogens (tertiary/aromatic N) is 1. The average Bonchev–Trinajstić information content (AvgIpc) is 2.39. The smallest absolute Gasteiger partial charge is 0.479 e. The van der Waals surface area contributed by atoms with Gasteiger partial charge in [-0.3, -0.25) is 9.69 Å². The fourth-order valence-electron chi connectivity index (χ4n) is 1.66. The molecule has 15 heavy (non-hydrogen) atoms.